The Kier molecular flexibility index (Phi) is 5.32. The van der Waals surface area contributed by atoms with E-state index in [1.165, 1.54) is 0 Å². The molecule has 0 saturated heterocycles. The maximum absolute atomic E-state index is 9.77. The zero-order valence-electron chi connectivity index (χ0n) is 25.1. The molecule has 47 heavy (non-hydrogen) atoms. The Morgan fingerprint density at radius 2 is 1.19 bits per heavy atom. The Labute approximate surface area is 268 Å². The van der Waals surface area contributed by atoms with E-state index in [4.69, 9.17) is 8.83 Å². The van der Waals surface area contributed by atoms with Crippen molar-refractivity contribution in [3.63, 3.8) is 0 Å². The van der Waals surface area contributed by atoms with Crippen LogP contribution in [0.3, 0.4) is 0 Å². The average molecular weight is 601 g/mol. The molecule has 0 aliphatic rings. The van der Waals surface area contributed by atoms with Crippen LogP contribution in [0.5, 0.6) is 0 Å². The number of benzene rings is 7. The molecule has 0 aliphatic carbocycles. The third-order valence-electron chi connectivity index (χ3n) is 9.42. The van der Waals surface area contributed by atoms with Crippen molar-refractivity contribution in [2.75, 3.05) is 0 Å². The van der Waals surface area contributed by atoms with Gasteiger partial charge in [0, 0.05) is 37.9 Å². The number of furan rings is 2. The number of nitrogens with zero attached hydrogens (tertiary/aromatic N) is 2. The van der Waals surface area contributed by atoms with Gasteiger partial charge in [0.2, 0.25) is 0 Å². The van der Waals surface area contributed by atoms with Crippen molar-refractivity contribution in [3.05, 3.63) is 151 Å². The standard InChI is InChI=1S/C43H24N2O2/c44-25-26-17-19-31-30-11-4-6-14-37(30)45(39(31)21-26)38-15-8-13-34-36-23-29(22-35(42(36)47-43(34)38)27-9-2-1-3-10-27)28-18-20-33-32-12-5-7-16-40(32)46-41(33)24-28/h1-24H. The van der Waals surface area contributed by atoms with Gasteiger partial charge in [-0.3, -0.25) is 0 Å². The van der Waals surface area contributed by atoms with Crippen LogP contribution in [0.1, 0.15) is 5.56 Å². The molecule has 10 rings (SSSR count). The Balaban J connectivity index is 1.27. The van der Waals surface area contributed by atoms with Gasteiger partial charge < -0.3 is 13.4 Å². The monoisotopic (exact) mass is 600 g/mol. The van der Waals surface area contributed by atoms with Gasteiger partial charge in [0.05, 0.1) is 28.4 Å². The van der Waals surface area contributed by atoms with Gasteiger partial charge in [-0.2, -0.15) is 5.26 Å². The zero-order valence-corrected chi connectivity index (χ0v) is 25.1. The van der Waals surface area contributed by atoms with Crippen molar-refractivity contribution in [2.45, 2.75) is 0 Å². The van der Waals surface area contributed by atoms with Crippen molar-refractivity contribution in [1.29, 1.82) is 5.26 Å². The predicted octanol–water partition coefficient (Wildman–Crippen LogP) is 11.8. The highest BCUT2D eigenvalue weighted by atomic mass is 16.3. The molecule has 218 valence electrons. The lowest BCUT2D eigenvalue weighted by molar-refractivity contribution is 0.667. The third-order valence-corrected chi connectivity index (χ3v) is 9.42. The summed E-state index contributed by atoms with van der Waals surface area (Å²) in [6, 6.07) is 52.5. The largest absolute Gasteiger partial charge is 0.456 e. The van der Waals surface area contributed by atoms with E-state index in [0.29, 0.717) is 5.56 Å². The Hall–Kier alpha value is -6.57. The summed E-state index contributed by atoms with van der Waals surface area (Å²) in [6.45, 7) is 0. The third kappa shape index (κ3) is 3.75. The average Bonchev–Trinajstić information content (AvgIpc) is 3.80. The molecule has 0 fully saturated rings. The fraction of sp³-hybridized carbons (Fsp3) is 0. The summed E-state index contributed by atoms with van der Waals surface area (Å²) in [4.78, 5) is 0. The molecule has 4 heteroatoms. The molecule has 0 amide bonds. The van der Waals surface area contributed by atoms with Gasteiger partial charge in [-0.25, -0.2) is 0 Å². The Bertz CT molecular complexity index is 2920. The first-order chi connectivity index (χ1) is 23.2. The van der Waals surface area contributed by atoms with Crippen molar-refractivity contribution in [1.82, 2.24) is 4.57 Å². The molecule has 0 aliphatic heterocycles. The first kappa shape index (κ1) is 25.7. The van der Waals surface area contributed by atoms with Gasteiger partial charge in [-0.15, -0.1) is 0 Å². The van der Waals surface area contributed by atoms with Crippen molar-refractivity contribution >= 4 is 65.7 Å². The smallest absolute Gasteiger partial charge is 0.159 e. The summed E-state index contributed by atoms with van der Waals surface area (Å²) in [6.07, 6.45) is 0. The SMILES string of the molecule is N#Cc1ccc2c3ccccc3n(-c3cccc4c3oc3c(-c5ccccc5)cc(-c5ccc6c(c5)oc5ccccc56)cc34)c2c1. The summed E-state index contributed by atoms with van der Waals surface area (Å²) in [5, 5.41) is 16.3. The van der Waals surface area contributed by atoms with Gasteiger partial charge >= 0.3 is 0 Å². The Morgan fingerprint density at radius 1 is 0.447 bits per heavy atom. The van der Waals surface area contributed by atoms with E-state index in [0.717, 1.165) is 93.6 Å². The molecule has 10 aromatic rings. The lowest BCUT2D eigenvalue weighted by Crippen LogP contribution is -1.94. The lowest BCUT2D eigenvalue weighted by atomic mass is 9.95. The molecular formula is C43H24N2O2. The van der Waals surface area contributed by atoms with Crippen LogP contribution in [0, 0.1) is 11.3 Å². The van der Waals surface area contributed by atoms with E-state index in [9.17, 15) is 5.26 Å². The fourth-order valence-electron chi connectivity index (χ4n) is 7.27. The number of hydrogen-bond acceptors (Lipinski definition) is 3. The molecule has 4 nitrogen and oxygen atoms in total. The van der Waals surface area contributed by atoms with Crippen LogP contribution in [0.2, 0.25) is 0 Å². The van der Waals surface area contributed by atoms with Gasteiger partial charge in [-0.1, -0.05) is 91.0 Å². The highest BCUT2D eigenvalue weighted by Gasteiger charge is 2.21. The number of rotatable bonds is 3. The Morgan fingerprint density at radius 3 is 2.09 bits per heavy atom. The molecule has 0 bridgehead atoms. The van der Waals surface area contributed by atoms with E-state index in [-0.39, 0.29) is 0 Å². The summed E-state index contributed by atoms with van der Waals surface area (Å²) >= 11 is 0. The van der Waals surface area contributed by atoms with Crippen LogP contribution >= 0.6 is 0 Å². The van der Waals surface area contributed by atoms with E-state index in [1.807, 2.05) is 42.5 Å². The summed E-state index contributed by atoms with van der Waals surface area (Å²) in [5.74, 6) is 0. The molecular weight excluding hydrogens is 576 g/mol. The van der Waals surface area contributed by atoms with E-state index in [2.05, 4.69) is 114 Å². The highest BCUT2D eigenvalue weighted by Crippen LogP contribution is 2.43. The summed E-state index contributed by atoms with van der Waals surface area (Å²) in [5.41, 5.74) is 11.3. The molecule has 7 aromatic carbocycles. The highest BCUT2D eigenvalue weighted by molar-refractivity contribution is 6.16. The summed E-state index contributed by atoms with van der Waals surface area (Å²) < 4.78 is 15.4. The van der Waals surface area contributed by atoms with Crippen molar-refractivity contribution in [2.24, 2.45) is 0 Å². The van der Waals surface area contributed by atoms with E-state index >= 15 is 0 Å². The lowest BCUT2D eigenvalue weighted by Gasteiger charge is -2.08. The van der Waals surface area contributed by atoms with E-state index < -0.39 is 0 Å². The zero-order chi connectivity index (χ0) is 31.1. The van der Waals surface area contributed by atoms with Crippen LogP contribution in [-0.4, -0.2) is 4.57 Å². The van der Waals surface area contributed by atoms with Gasteiger partial charge in [-0.05, 0) is 71.3 Å². The minimum absolute atomic E-state index is 0.621. The first-order valence-corrected chi connectivity index (χ1v) is 15.7. The second-order valence-corrected chi connectivity index (χ2v) is 12.0. The van der Waals surface area contributed by atoms with Crippen LogP contribution in [0.4, 0.5) is 0 Å². The quantitative estimate of drug-likeness (QED) is 0.203. The molecule has 3 aromatic heterocycles. The van der Waals surface area contributed by atoms with Gasteiger partial charge in [0.25, 0.3) is 0 Å². The predicted molar refractivity (Wildman–Crippen MR) is 191 cm³/mol. The normalized spacial score (nSPS) is 11.8. The second-order valence-electron chi connectivity index (χ2n) is 12.0. The van der Waals surface area contributed by atoms with Crippen molar-refractivity contribution in [3.8, 4) is 34.0 Å². The number of aromatic nitrogens is 1. The minimum Gasteiger partial charge on any atom is -0.456 e. The maximum Gasteiger partial charge on any atom is 0.159 e. The van der Waals surface area contributed by atoms with Crippen LogP contribution in [0.15, 0.2) is 154 Å². The van der Waals surface area contributed by atoms with Gasteiger partial charge in [0.1, 0.15) is 16.7 Å². The molecule has 0 radical (unpaired) electrons. The molecule has 3 heterocycles. The number of hydrogen-bond donors (Lipinski definition) is 0. The molecule has 0 saturated carbocycles. The number of nitriles is 1. The minimum atomic E-state index is 0.621. The number of fused-ring (bicyclic) bond motifs is 9. The van der Waals surface area contributed by atoms with E-state index in [1.54, 1.807) is 0 Å². The number of para-hydroxylation sites is 3. The molecule has 0 N–H and O–H groups in total. The summed E-state index contributed by atoms with van der Waals surface area (Å²) in [7, 11) is 0. The van der Waals surface area contributed by atoms with Crippen LogP contribution in [-0.2, 0) is 0 Å². The topological polar surface area (TPSA) is 55.0 Å². The fourth-order valence-corrected chi connectivity index (χ4v) is 7.27. The maximum atomic E-state index is 9.77. The van der Waals surface area contributed by atoms with Crippen molar-refractivity contribution < 1.29 is 8.83 Å². The van der Waals surface area contributed by atoms with Crippen LogP contribution in [0.25, 0.3) is 93.6 Å². The van der Waals surface area contributed by atoms with Gasteiger partial charge in [0.15, 0.2) is 5.58 Å². The molecule has 0 spiro atoms. The first-order valence-electron chi connectivity index (χ1n) is 15.7. The molecule has 0 atom stereocenters. The molecule has 0 unspecified atom stereocenters. The van der Waals surface area contributed by atoms with Crippen LogP contribution < -0.4 is 0 Å². The second kappa shape index (κ2) is 9.71.